The van der Waals surface area contributed by atoms with Gasteiger partial charge in [0.15, 0.2) is 0 Å². The Kier molecular flexibility index (Phi) is 14.4. The molecule has 0 heterocycles. The van der Waals surface area contributed by atoms with Crippen LogP contribution in [0, 0.1) is 0 Å². The number of phenols is 2. The zero-order chi connectivity index (χ0) is 21.9. The first-order valence-electron chi connectivity index (χ1n) is 9.87. The second kappa shape index (κ2) is 17.1. The zero-order valence-corrected chi connectivity index (χ0v) is 17.1. The fraction of sp³-hybridized carbons (Fsp3) is 0.364. The Bertz CT molecular complexity index is 690. The highest BCUT2D eigenvalue weighted by molar-refractivity contribution is 5.83. The number of aromatic hydroxyl groups is 2. The third kappa shape index (κ3) is 11.9. The molecule has 8 nitrogen and oxygen atoms in total. The van der Waals surface area contributed by atoms with Gasteiger partial charge in [-0.1, -0.05) is 24.3 Å². The molecule has 2 aromatic rings. The zero-order valence-electron chi connectivity index (χ0n) is 17.1. The predicted octanol–water partition coefficient (Wildman–Crippen LogP) is 0.786. The second-order valence-electron chi connectivity index (χ2n) is 6.14. The standard InChI is InChI=1S/2C11H16N2O2/c2*14-8-7-12-5-6-13-9-10-3-1-2-4-11(10)15/h2*1-4,9,12,14-15H,5-8H2. The number of benzene rings is 2. The minimum atomic E-state index is 0.142. The molecule has 6 N–H and O–H groups in total. The summed E-state index contributed by atoms with van der Waals surface area (Å²) in [4.78, 5) is 8.29. The largest absolute Gasteiger partial charge is 0.507 e. The molecule has 0 aliphatic carbocycles. The lowest BCUT2D eigenvalue weighted by Gasteiger charge is -1.99. The van der Waals surface area contributed by atoms with Crippen LogP contribution in [-0.2, 0) is 0 Å². The van der Waals surface area contributed by atoms with Crippen LogP contribution in [0.2, 0.25) is 0 Å². The molecule has 0 aliphatic rings. The second-order valence-corrected chi connectivity index (χ2v) is 6.14. The first-order chi connectivity index (χ1) is 14.7. The summed E-state index contributed by atoms with van der Waals surface area (Å²) >= 11 is 0. The molecular weight excluding hydrogens is 384 g/mol. The number of aliphatic hydroxyl groups excluding tert-OH is 2. The molecule has 0 atom stereocenters. The smallest absolute Gasteiger partial charge is 0.124 e. The van der Waals surface area contributed by atoms with Crippen LogP contribution in [0.15, 0.2) is 58.5 Å². The van der Waals surface area contributed by atoms with Crippen molar-refractivity contribution in [2.24, 2.45) is 9.98 Å². The van der Waals surface area contributed by atoms with E-state index < -0.39 is 0 Å². The lowest BCUT2D eigenvalue weighted by molar-refractivity contribution is 0.293. The molecular formula is C22H32N4O4. The minimum Gasteiger partial charge on any atom is -0.507 e. The van der Waals surface area contributed by atoms with Gasteiger partial charge in [-0.15, -0.1) is 0 Å². The van der Waals surface area contributed by atoms with Gasteiger partial charge in [-0.3, -0.25) is 9.98 Å². The van der Waals surface area contributed by atoms with E-state index in [0.717, 1.165) is 24.2 Å². The van der Waals surface area contributed by atoms with Gasteiger partial charge in [0.05, 0.1) is 26.3 Å². The summed E-state index contributed by atoms with van der Waals surface area (Å²) in [7, 11) is 0. The number of aliphatic imine (C=N–C) groups is 2. The summed E-state index contributed by atoms with van der Waals surface area (Å²) in [6.07, 6.45) is 3.30. The third-order valence-corrected chi connectivity index (χ3v) is 3.75. The van der Waals surface area contributed by atoms with E-state index in [9.17, 15) is 10.2 Å². The van der Waals surface area contributed by atoms with Gasteiger partial charge in [-0.25, -0.2) is 0 Å². The van der Waals surface area contributed by atoms with Crippen LogP contribution < -0.4 is 10.6 Å². The maximum atomic E-state index is 9.41. The molecule has 2 rings (SSSR count). The first-order valence-corrected chi connectivity index (χ1v) is 9.87. The molecule has 2 aromatic carbocycles. The molecule has 0 radical (unpaired) electrons. The molecule has 0 spiro atoms. The van der Waals surface area contributed by atoms with Gasteiger partial charge in [0.25, 0.3) is 0 Å². The van der Waals surface area contributed by atoms with Crippen LogP contribution in [0.25, 0.3) is 0 Å². The minimum absolute atomic E-state index is 0.142. The highest BCUT2D eigenvalue weighted by atomic mass is 16.3. The maximum Gasteiger partial charge on any atom is 0.124 e. The highest BCUT2D eigenvalue weighted by Gasteiger charge is 1.94. The van der Waals surface area contributed by atoms with Crippen LogP contribution in [0.1, 0.15) is 11.1 Å². The molecule has 30 heavy (non-hydrogen) atoms. The number of para-hydroxylation sites is 2. The lowest BCUT2D eigenvalue weighted by Crippen LogP contribution is -2.21. The maximum absolute atomic E-state index is 9.41. The van der Waals surface area contributed by atoms with Gasteiger partial charge in [-0.05, 0) is 24.3 Å². The number of aliphatic hydroxyl groups is 2. The SMILES string of the molecule is OCCNCCN=Cc1ccccc1O.OCCNCCN=Cc1ccccc1O. The van der Waals surface area contributed by atoms with Gasteiger partial charge < -0.3 is 31.1 Å². The molecule has 0 saturated carbocycles. The van der Waals surface area contributed by atoms with Gasteiger partial charge in [0.2, 0.25) is 0 Å². The Labute approximate surface area is 177 Å². The normalized spacial score (nSPS) is 11.0. The van der Waals surface area contributed by atoms with E-state index in [4.69, 9.17) is 10.2 Å². The van der Waals surface area contributed by atoms with Gasteiger partial charge in [0, 0.05) is 49.7 Å². The molecule has 0 unspecified atom stereocenters. The van der Waals surface area contributed by atoms with Crippen molar-refractivity contribution in [2.45, 2.75) is 0 Å². The number of phenolic OH excluding ortho intramolecular Hbond substituents is 2. The summed E-state index contributed by atoms with van der Waals surface area (Å²) < 4.78 is 0. The molecule has 164 valence electrons. The van der Waals surface area contributed by atoms with Crippen molar-refractivity contribution in [3.05, 3.63) is 59.7 Å². The van der Waals surface area contributed by atoms with E-state index >= 15 is 0 Å². The van der Waals surface area contributed by atoms with E-state index in [1.165, 1.54) is 0 Å². The average Bonchev–Trinajstić information content (AvgIpc) is 2.76. The molecule has 0 amide bonds. The number of hydrogen-bond donors (Lipinski definition) is 6. The van der Waals surface area contributed by atoms with Crippen molar-refractivity contribution >= 4 is 12.4 Å². The quantitative estimate of drug-likeness (QED) is 0.224. The fourth-order valence-corrected chi connectivity index (χ4v) is 2.21. The molecule has 0 aromatic heterocycles. The lowest BCUT2D eigenvalue weighted by atomic mass is 10.2. The summed E-state index contributed by atoms with van der Waals surface area (Å²) in [6.45, 7) is 4.18. The number of rotatable bonds is 12. The Balaban J connectivity index is 0.000000300. The number of nitrogens with zero attached hydrogens (tertiary/aromatic N) is 2. The summed E-state index contributed by atoms with van der Waals surface area (Å²) in [5.41, 5.74) is 1.44. The highest BCUT2D eigenvalue weighted by Crippen LogP contribution is 2.13. The van der Waals surface area contributed by atoms with Crippen LogP contribution in [0.3, 0.4) is 0 Å². The van der Waals surface area contributed by atoms with E-state index in [-0.39, 0.29) is 24.7 Å². The summed E-state index contributed by atoms with van der Waals surface area (Å²) in [5, 5.41) is 41.8. The summed E-state index contributed by atoms with van der Waals surface area (Å²) in [6, 6.07) is 14.1. The van der Waals surface area contributed by atoms with Crippen LogP contribution in [0.5, 0.6) is 11.5 Å². The van der Waals surface area contributed by atoms with E-state index in [1.807, 2.05) is 12.1 Å². The van der Waals surface area contributed by atoms with Crippen molar-refractivity contribution in [1.29, 1.82) is 0 Å². The predicted molar refractivity (Wildman–Crippen MR) is 121 cm³/mol. The Morgan fingerprint density at radius 3 is 1.40 bits per heavy atom. The fourth-order valence-electron chi connectivity index (χ4n) is 2.21. The van der Waals surface area contributed by atoms with Crippen molar-refractivity contribution in [2.75, 3.05) is 52.5 Å². The van der Waals surface area contributed by atoms with E-state index in [2.05, 4.69) is 20.6 Å². The van der Waals surface area contributed by atoms with Gasteiger partial charge >= 0.3 is 0 Å². The van der Waals surface area contributed by atoms with Crippen molar-refractivity contribution in [1.82, 2.24) is 10.6 Å². The third-order valence-electron chi connectivity index (χ3n) is 3.75. The van der Waals surface area contributed by atoms with Crippen LogP contribution in [0.4, 0.5) is 0 Å². The Morgan fingerprint density at radius 2 is 1.03 bits per heavy atom. The summed E-state index contributed by atoms with van der Waals surface area (Å²) in [5.74, 6) is 0.481. The number of hydrogen-bond acceptors (Lipinski definition) is 8. The Hall–Kier alpha value is -2.78. The monoisotopic (exact) mass is 416 g/mol. The van der Waals surface area contributed by atoms with Crippen LogP contribution in [-0.4, -0.2) is 85.3 Å². The molecule has 8 heteroatoms. The van der Waals surface area contributed by atoms with Crippen molar-refractivity contribution in [3.8, 4) is 11.5 Å². The topological polar surface area (TPSA) is 130 Å². The van der Waals surface area contributed by atoms with Crippen LogP contribution >= 0.6 is 0 Å². The molecule has 0 fully saturated rings. The van der Waals surface area contributed by atoms with E-state index in [1.54, 1.807) is 48.8 Å². The van der Waals surface area contributed by atoms with E-state index in [0.29, 0.717) is 26.2 Å². The van der Waals surface area contributed by atoms with Gasteiger partial charge in [0.1, 0.15) is 11.5 Å². The first kappa shape index (κ1) is 25.3. The van der Waals surface area contributed by atoms with Crippen molar-refractivity contribution in [3.63, 3.8) is 0 Å². The average molecular weight is 417 g/mol. The Morgan fingerprint density at radius 1 is 0.633 bits per heavy atom. The van der Waals surface area contributed by atoms with Gasteiger partial charge in [-0.2, -0.15) is 0 Å². The number of nitrogens with one attached hydrogen (secondary N) is 2. The molecule has 0 saturated heterocycles. The molecule has 0 aliphatic heterocycles. The van der Waals surface area contributed by atoms with Crippen molar-refractivity contribution < 1.29 is 20.4 Å². The molecule has 0 bridgehead atoms.